The number of urea groups is 1. The summed E-state index contributed by atoms with van der Waals surface area (Å²) in [5.41, 5.74) is 3.97. The van der Waals surface area contributed by atoms with E-state index in [1.807, 2.05) is 0 Å². The number of ether oxygens (including phenoxy) is 1. The second kappa shape index (κ2) is 4.39. The molecule has 0 radical (unpaired) electrons. The monoisotopic (exact) mass is 201 g/mol. The maximum Gasteiger partial charge on any atom is 0.318 e. The summed E-state index contributed by atoms with van der Waals surface area (Å²) in [6.45, 7) is 1.39. The van der Waals surface area contributed by atoms with E-state index < -0.39 is 17.5 Å². The third-order valence-electron chi connectivity index (χ3n) is 2.45. The van der Waals surface area contributed by atoms with Crippen LogP contribution in [0.15, 0.2) is 0 Å². The van der Waals surface area contributed by atoms with Crippen molar-refractivity contribution in [3.63, 3.8) is 0 Å². The van der Waals surface area contributed by atoms with Gasteiger partial charge in [-0.1, -0.05) is 0 Å². The zero-order valence-electron chi connectivity index (χ0n) is 8.13. The van der Waals surface area contributed by atoms with Crippen LogP contribution >= 0.6 is 0 Å². The molecule has 3 amide bonds. The molecule has 0 aromatic rings. The Bertz CT molecular complexity index is 236. The highest BCUT2D eigenvalue weighted by Gasteiger charge is 2.40. The average molecular weight is 201 g/mol. The zero-order valence-corrected chi connectivity index (χ0v) is 8.13. The van der Waals surface area contributed by atoms with Crippen LogP contribution in [-0.2, 0) is 9.53 Å². The SMILES string of the molecule is COC1(C(=O)NC(N)=O)CCNCC1. The Labute approximate surface area is 82.2 Å². The van der Waals surface area contributed by atoms with Crippen molar-refractivity contribution in [1.82, 2.24) is 10.6 Å². The van der Waals surface area contributed by atoms with Gasteiger partial charge in [0.15, 0.2) is 0 Å². The predicted octanol–water partition coefficient (Wildman–Crippen LogP) is -1.05. The number of hydrogen-bond acceptors (Lipinski definition) is 4. The van der Waals surface area contributed by atoms with Gasteiger partial charge >= 0.3 is 6.03 Å². The Hall–Kier alpha value is -1.14. The standard InChI is InChI=1S/C8H15N3O3/c1-14-8(2-4-10-5-3-8)6(12)11-7(9)13/h10H,2-5H2,1H3,(H3,9,11,12,13). The molecule has 0 atom stereocenters. The largest absolute Gasteiger partial charge is 0.368 e. The first-order chi connectivity index (χ1) is 6.60. The fourth-order valence-corrected chi connectivity index (χ4v) is 1.58. The van der Waals surface area contributed by atoms with Crippen LogP contribution in [0.2, 0.25) is 0 Å². The highest BCUT2D eigenvalue weighted by atomic mass is 16.5. The summed E-state index contributed by atoms with van der Waals surface area (Å²) in [5, 5.41) is 5.16. The molecule has 6 nitrogen and oxygen atoms in total. The van der Waals surface area contributed by atoms with E-state index in [0.717, 1.165) is 0 Å². The number of imide groups is 1. The molecule has 1 aliphatic heterocycles. The van der Waals surface area contributed by atoms with Gasteiger partial charge < -0.3 is 15.8 Å². The molecule has 0 aliphatic carbocycles. The number of methoxy groups -OCH3 is 1. The minimum absolute atomic E-state index is 0.450. The molecule has 0 aromatic heterocycles. The van der Waals surface area contributed by atoms with Gasteiger partial charge in [-0.05, 0) is 25.9 Å². The summed E-state index contributed by atoms with van der Waals surface area (Å²) < 4.78 is 5.18. The first-order valence-corrected chi connectivity index (χ1v) is 4.47. The molecule has 0 spiro atoms. The minimum Gasteiger partial charge on any atom is -0.368 e. The lowest BCUT2D eigenvalue weighted by Gasteiger charge is -2.34. The van der Waals surface area contributed by atoms with E-state index in [1.54, 1.807) is 0 Å². The third-order valence-corrected chi connectivity index (χ3v) is 2.45. The predicted molar refractivity (Wildman–Crippen MR) is 49.6 cm³/mol. The van der Waals surface area contributed by atoms with Crippen molar-refractivity contribution in [1.29, 1.82) is 0 Å². The molecule has 80 valence electrons. The summed E-state index contributed by atoms with van der Waals surface area (Å²) in [4.78, 5) is 22.1. The van der Waals surface area contributed by atoms with E-state index in [0.29, 0.717) is 25.9 Å². The minimum atomic E-state index is -0.902. The molecule has 1 saturated heterocycles. The number of nitrogens with one attached hydrogen (secondary N) is 2. The summed E-state index contributed by atoms with van der Waals surface area (Å²) in [6.07, 6.45) is 1.09. The lowest BCUT2D eigenvalue weighted by molar-refractivity contribution is -0.145. The first-order valence-electron chi connectivity index (χ1n) is 4.47. The van der Waals surface area contributed by atoms with Gasteiger partial charge in [-0.25, -0.2) is 4.79 Å². The van der Waals surface area contributed by atoms with Gasteiger partial charge in [-0.2, -0.15) is 0 Å². The van der Waals surface area contributed by atoms with Crippen LogP contribution in [0, 0.1) is 0 Å². The van der Waals surface area contributed by atoms with Crippen LogP contribution in [-0.4, -0.2) is 37.7 Å². The number of primary amides is 1. The number of carbonyl (C=O) groups is 2. The maximum absolute atomic E-state index is 11.6. The van der Waals surface area contributed by atoms with Crippen LogP contribution < -0.4 is 16.4 Å². The molecular weight excluding hydrogens is 186 g/mol. The summed E-state index contributed by atoms with van der Waals surface area (Å²) in [5.74, 6) is -0.450. The van der Waals surface area contributed by atoms with Crippen LogP contribution in [0.3, 0.4) is 0 Å². The number of rotatable bonds is 2. The molecule has 1 aliphatic rings. The van der Waals surface area contributed by atoms with E-state index in [1.165, 1.54) is 7.11 Å². The number of carbonyl (C=O) groups excluding carboxylic acids is 2. The fraction of sp³-hybridized carbons (Fsp3) is 0.750. The molecule has 0 saturated carbocycles. The lowest BCUT2D eigenvalue weighted by Crippen LogP contribution is -2.56. The van der Waals surface area contributed by atoms with Crippen LogP contribution in [0.4, 0.5) is 4.79 Å². The molecule has 6 heteroatoms. The second-order valence-corrected chi connectivity index (χ2v) is 3.27. The van der Waals surface area contributed by atoms with Crippen LogP contribution in [0.1, 0.15) is 12.8 Å². The van der Waals surface area contributed by atoms with Crippen molar-refractivity contribution in [2.45, 2.75) is 18.4 Å². The normalized spacial score (nSPS) is 20.1. The summed E-state index contributed by atoms with van der Waals surface area (Å²) in [6, 6.07) is -0.843. The van der Waals surface area contributed by atoms with E-state index in [2.05, 4.69) is 10.6 Å². The molecule has 14 heavy (non-hydrogen) atoms. The van der Waals surface area contributed by atoms with Gasteiger partial charge in [0.1, 0.15) is 5.60 Å². The molecule has 4 N–H and O–H groups in total. The zero-order chi connectivity index (χ0) is 10.6. The summed E-state index contributed by atoms with van der Waals surface area (Å²) >= 11 is 0. The maximum atomic E-state index is 11.6. The first kappa shape index (κ1) is 10.9. The van der Waals surface area contributed by atoms with Crippen LogP contribution in [0.25, 0.3) is 0 Å². The van der Waals surface area contributed by atoms with Gasteiger partial charge in [-0.3, -0.25) is 10.1 Å². The van der Waals surface area contributed by atoms with Crippen molar-refractivity contribution in [3.8, 4) is 0 Å². The van der Waals surface area contributed by atoms with E-state index in [9.17, 15) is 9.59 Å². The fourth-order valence-electron chi connectivity index (χ4n) is 1.58. The third kappa shape index (κ3) is 2.21. The number of piperidine rings is 1. The van der Waals surface area contributed by atoms with Crippen molar-refractivity contribution in [2.24, 2.45) is 5.73 Å². The lowest BCUT2D eigenvalue weighted by atomic mass is 9.91. The van der Waals surface area contributed by atoms with Gasteiger partial charge in [0.05, 0.1) is 0 Å². The smallest absolute Gasteiger partial charge is 0.318 e. The molecular formula is C8H15N3O3. The average Bonchev–Trinajstić information content (AvgIpc) is 2.18. The quantitative estimate of drug-likeness (QED) is 0.531. The van der Waals surface area contributed by atoms with Gasteiger partial charge in [-0.15, -0.1) is 0 Å². The molecule has 0 bridgehead atoms. The van der Waals surface area contributed by atoms with E-state index >= 15 is 0 Å². The molecule has 1 fully saturated rings. The second-order valence-electron chi connectivity index (χ2n) is 3.27. The van der Waals surface area contributed by atoms with Crippen molar-refractivity contribution >= 4 is 11.9 Å². The Morgan fingerprint density at radius 1 is 1.43 bits per heavy atom. The molecule has 0 unspecified atom stereocenters. The van der Waals surface area contributed by atoms with Crippen LogP contribution in [0.5, 0.6) is 0 Å². The highest BCUT2D eigenvalue weighted by Crippen LogP contribution is 2.22. The Morgan fingerprint density at radius 2 is 2.00 bits per heavy atom. The topological polar surface area (TPSA) is 93.4 Å². The van der Waals surface area contributed by atoms with Crippen molar-refractivity contribution < 1.29 is 14.3 Å². The number of amides is 3. The van der Waals surface area contributed by atoms with Gasteiger partial charge in [0.25, 0.3) is 5.91 Å². The van der Waals surface area contributed by atoms with E-state index in [4.69, 9.17) is 10.5 Å². The molecule has 0 aromatic carbocycles. The molecule has 1 heterocycles. The Kier molecular flexibility index (Phi) is 3.43. The number of nitrogens with two attached hydrogens (primary N) is 1. The number of hydrogen-bond donors (Lipinski definition) is 3. The van der Waals surface area contributed by atoms with E-state index in [-0.39, 0.29) is 0 Å². The molecule has 1 rings (SSSR count). The Balaban J connectivity index is 2.67. The van der Waals surface area contributed by atoms with Crippen molar-refractivity contribution in [2.75, 3.05) is 20.2 Å². The highest BCUT2D eigenvalue weighted by molar-refractivity contribution is 5.98. The Morgan fingerprint density at radius 3 is 2.43 bits per heavy atom. The summed E-state index contributed by atoms with van der Waals surface area (Å²) in [7, 11) is 1.46. The van der Waals surface area contributed by atoms with Crippen molar-refractivity contribution in [3.05, 3.63) is 0 Å². The van der Waals surface area contributed by atoms with Gasteiger partial charge in [0.2, 0.25) is 0 Å². The van der Waals surface area contributed by atoms with Gasteiger partial charge in [0, 0.05) is 7.11 Å².